The number of halogens is 3. The van der Waals surface area contributed by atoms with Gasteiger partial charge in [0.15, 0.2) is 5.69 Å². The molecule has 0 atom stereocenters. The van der Waals surface area contributed by atoms with E-state index >= 15 is 0 Å². The summed E-state index contributed by atoms with van der Waals surface area (Å²) in [4.78, 5) is 12.0. The minimum Gasteiger partial charge on any atom is -0.287 e. The number of hydrogen-bond donors (Lipinski definition) is 0. The number of nitrogens with zero attached hydrogens (tertiary/aromatic N) is 4. The van der Waals surface area contributed by atoms with Crippen LogP contribution in [-0.4, -0.2) is 25.7 Å². The zero-order valence-electron chi connectivity index (χ0n) is 11.7. The van der Waals surface area contributed by atoms with Crippen molar-refractivity contribution in [2.45, 2.75) is 12.7 Å². The van der Waals surface area contributed by atoms with Gasteiger partial charge in [0, 0.05) is 12.3 Å². The quantitative estimate of drug-likeness (QED) is 0.745. The first kappa shape index (κ1) is 15.0. The van der Waals surface area contributed by atoms with Gasteiger partial charge in [-0.3, -0.25) is 9.48 Å². The summed E-state index contributed by atoms with van der Waals surface area (Å²) in [5.74, 6) is 0. The molecule has 3 aromatic rings. The van der Waals surface area contributed by atoms with Crippen molar-refractivity contribution in [1.82, 2.24) is 19.6 Å². The van der Waals surface area contributed by atoms with Crippen LogP contribution in [0.4, 0.5) is 13.2 Å². The standard InChI is InChI=1S/C15H11F3N4O/c16-15(17,18)10-21-9-7-13(23)14(20-21)12-6-8-19-22(12)11-4-2-1-3-5-11/h1-9H,10H2. The third kappa shape index (κ3) is 3.31. The molecule has 0 spiro atoms. The van der Waals surface area contributed by atoms with Crippen molar-refractivity contribution in [1.29, 1.82) is 0 Å². The normalized spacial score (nSPS) is 11.6. The molecule has 0 aliphatic rings. The van der Waals surface area contributed by atoms with Crippen molar-refractivity contribution in [3.63, 3.8) is 0 Å². The zero-order chi connectivity index (χ0) is 16.4. The Balaban J connectivity index is 2.08. The van der Waals surface area contributed by atoms with Gasteiger partial charge in [-0.1, -0.05) is 18.2 Å². The molecule has 0 saturated heterocycles. The van der Waals surface area contributed by atoms with Gasteiger partial charge < -0.3 is 0 Å². The van der Waals surface area contributed by atoms with Gasteiger partial charge in [-0.05, 0) is 18.2 Å². The lowest BCUT2D eigenvalue weighted by molar-refractivity contribution is -0.142. The Bertz CT molecular complexity index is 868. The lowest BCUT2D eigenvalue weighted by Crippen LogP contribution is -2.23. The second kappa shape index (κ2) is 5.71. The van der Waals surface area contributed by atoms with Crippen LogP contribution in [0.1, 0.15) is 0 Å². The van der Waals surface area contributed by atoms with E-state index in [1.807, 2.05) is 6.07 Å². The molecule has 2 aromatic heterocycles. The van der Waals surface area contributed by atoms with Crippen molar-refractivity contribution in [3.8, 4) is 17.1 Å². The fourth-order valence-corrected chi connectivity index (χ4v) is 2.15. The van der Waals surface area contributed by atoms with E-state index in [0.29, 0.717) is 16.1 Å². The molecule has 0 aliphatic heterocycles. The summed E-state index contributed by atoms with van der Waals surface area (Å²) in [6, 6.07) is 11.6. The van der Waals surface area contributed by atoms with Crippen LogP contribution in [0.3, 0.4) is 0 Å². The lowest BCUT2D eigenvalue weighted by atomic mass is 10.2. The Hall–Kier alpha value is -2.90. The third-order valence-corrected chi connectivity index (χ3v) is 3.09. The van der Waals surface area contributed by atoms with E-state index in [9.17, 15) is 18.0 Å². The van der Waals surface area contributed by atoms with Gasteiger partial charge in [0.2, 0.25) is 5.43 Å². The Morgan fingerprint density at radius 1 is 1.04 bits per heavy atom. The summed E-state index contributed by atoms with van der Waals surface area (Å²) in [5, 5.41) is 7.92. The number of rotatable bonds is 3. The molecule has 0 unspecified atom stereocenters. The third-order valence-electron chi connectivity index (χ3n) is 3.09. The Morgan fingerprint density at radius 3 is 2.48 bits per heavy atom. The molecule has 0 radical (unpaired) electrons. The van der Waals surface area contributed by atoms with E-state index in [0.717, 1.165) is 12.3 Å². The molecular formula is C15H11F3N4O. The average molecular weight is 320 g/mol. The van der Waals surface area contributed by atoms with Crippen molar-refractivity contribution >= 4 is 0 Å². The predicted molar refractivity (Wildman–Crippen MR) is 77.1 cm³/mol. The van der Waals surface area contributed by atoms with Gasteiger partial charge in [-0.25, -0.2) is 4.68 Å². The van der Waals surface area contributed by atoms with E-state index in [-0.39, 0.29) is 5.69 Å². The number of benzene rings is 1. The second-order valence-corrected chi connectivity index (χ2v) is 4.81. The van der Waals surface area contributed by atoms with Gasteiger partial charge in [0.1, 0.15) is 6.54 Å². The average Bonchev–Trinajstić information content (AvgIpc) is 2.98. The maximum absolute atomic E-state index is 12.5. The molecule has 8 heteroatoms. The van der Waals surface area contributed by atoms with Gasteiger partial charge in [0.25, 0.3) is 0 Å². The van der Waals surface area contributed by atoms with Crippen LogP contribution in [0.2, 0.25) is 0 Å². The Kier molecular flexibility index (Phi) is 3.73. The highest BCUT2D eigenvalue weighted by Gasteiger charge is 2.28. The minimum absolute atomic E-state index is 0.0851. The molecule has 3 rings (SSSR count). The SMILES string of the molecule is O=c1ccn(CC(F)(F)F)nc1-c1ccnn1-c1ccccc1. The van der Waals surface area contributed by atoms with Crippen molar-refractivity contribution in [2.75, 3.05) is 0 Å². The van der Waals surface area contributed by atoms with Crippen molar-refractivity contribution < 1.29 is 13.2 Å². The van der Waals surface area contributed by atoms with E-state index in [4.69, 9.17) is 0 Å². The maximum Gasteiger partial charge on any atom is 0.408 e. The number of aromatic nitrogens is 4. The lowest BCUT2D eigenvalue weighted by Gasteiger charge is -2.11. The van der Waals surface area contributed by atoms with Crippen molar-refractivity contribution in [3.05, 3.63) is 65.1 Å². The summed E-state index contributed by atoms with van der Waals surface area (Å²) in [6.07, 6.45) is -1.94. The maximum atomic E-state index is 12.5. The Morgan fingerprint density at radius 2 is 1.78 bits per heavy atom. The summed E-state index contributed by atoms with van der Waals surface area (Å²) < 4.78 is 39.7. The predicted octanol–water partition coefficient (Wildman–Crippen LogP) is 2.66. The molecule has 1 aromatic carbocycles. The van der Waals surface area contributed by atoms with Crippen LogP contribution in [0.15, 0.2) is 59.7 Å². The first-order chi connectivity index (χ1) is 10.9. The first-order valence-electron chi connectivity index (χ1n) is 6.68. The molecule has 118 valence electrons. The van der Waals surface area contributed by atoms with Gasteiger partial charge in [0.05, 0.1) is 17.6 Å². The molecule has 0 bridgehead atoms. The van der Waals surface area contributed by atoms with E-state index < -0.39 is 18.1 Å². The van der Waals surface area contributed by atoms with Gasteiger partial charge >= 0.3 is 6.18 Å². The van der Waals surface area contributed by atoms with Crippen LogP contribution in [0.25, 0.3) is 17.1 Å². The van der Waals surface area contributed by atoms with Crippen LogP contribution < -0.4 is 5.43 Å². The fraction of sp³-hybridized carbons (Fsp3) is 0.133. The Labute approximate surface area is 128 Å². The molecule has 0 saturated carbocycles. The van der Waals surface area contributed by atoms with E-state index in [2.05, 4.69) is 10.2 Å². The molecule has 0 aliphatic carbocycles. The second-order valence-electron chi connectivity index (χ2n) is 4.81. The number of para-hydroxylation sites is 1. The zero-order valence-corrected chi connectivity index (χ0v) is 11.7. The van der Waals surface area contributed by atoms with Crippen molar-refractivity contribution in [2.24, 2.45) is 0 Å². The highest BCUT2D eigenvalue weighted by molar-refractivity contribution is 5.56. The van der Waals surface area contributed by atoms with E-state index in [1.165, 1.54) is 16.9 Å². The minimum atomic E-state index is -4.42. The van der Waals surface area contributed by atoms with Gasteiger partial charge in [-0.15, -0.1) is 0 Å². The molecule has 0 N–H and O–H groups in total. The first-order valence-corrected chi connectivity index (χ1v) is 6.68. The highest BCUT2D eigenvalue weighted by atomic mass is 19.4. The van der Waals surface area contributed by atoms with Crippen LogP contribution in [0.5, 0.6) is 0 Å². The van der Waals surface area contributed by atoms with Crippen LogP contribution in [-0.2, 0) is 6.54 Å². The molecule has 2 heterocycles. The highest BCUT2D eigenvalue weighted by Crippen LogP contribution is 2.19. The smallest absolute Gasteiger partial charge is 0.287 e. The molecule has 0 fully saturated rings. The van der Waals surface area contributed by atoms with E-state index in [1.54, 1.807) is 24.3 Å². The molecule has 5 nitrogen and oxygen atoms in total. The largest absolute Gasteiger partial charge is 0.408 e. The van der Waals surface area contributed by atoms with Crippen LogP contribution in [0, 0.1) is 0 Å². The summed E-state index contributed by atoms with van der Waals surface area (Å²) >= 11 is 0. The molecule has 23 heavy (non-hydrogen) atoms. The monoisotopic (exact) mass is 320 g/mol. The summed E-state index contributed by atoms with van der Waals surface area (Å²) in [7, 11) is 0. The summed E-state index contributed by atoms with van der Waals surface area (Å²) in [5.41, 5.74) is 0.455. The topological polar surface area (TPSA) is 52.7 Å². The number of alkyl halides is 3. The van der Waals surface area contributed by atoms with Gasteiger partial charge in [-0.2, -0.15) is 23.4 Å². The van der Waals surface area contributed by atoms with Crippen LogP contribution >= 0.6 is 0 Å². The summed E-state index contributed by atoms with van der Waals surface area (Å²) in [6.45, 7) is -1.26. The molecule has 0 amide bonds. The fourth-order valence-electron chi connectivity index (χ4n) is 2.15. The number of hydrogen-bond acceptors (Lipinski definition) is 3. The molecular weight excluding hydrogens is 309 g/mol.